The van der Waals surface area contributed by atoms with Gasteiger partial charge in [-0.25, -0.2) is 0 Å². The van der Waals surface area contributed by atoms with Gasteiger partial charge >= 0.3 is 22.8 Å². The van der Waals surface area contributed by atoms with E-state index in [2.05, 4.69) is 0 Å². The molecule has 0 fully saturated rings. The molecule has 0 amide bonds. The first-order chi connectivity index (χ1) is 6.91. The van der Waals surface area contributed by atoms with E-state index >= 15 is 0 Å². The van der Waals surface area contributed by atoms with Crippen molar-refractivity contribution in [3.8, 4) is 0 Å². The number of methoxy groups -OCH3 is 2. The van der Waals surface area contributed by atoms with Crippen LogP contribution in [0.4, 0.5) is 0 Å². The van der Waals surface area contributed by atoms with Crippen molar-refractivity contribution in [1.82, 2.24) is 0 Å². The predicted octanol–water partition coefficient (Wildman–Crippen LogP) is 0.0651. The third-order valence-electron chi connectivity index (χ3n) is 2.07. The van der Waals surface area contributed by atoms with Gasteiger partial charge in [-0.3, -0.25) is 4.52 Å². The van der Waals surface area contributed by atoms with Gasteiger partial charge in [-0.2, -0.15) is 0 Å². The minimum absolute atomic E-state index is 1.30. The van der Waals surface area contributed by atoms with Crippen LogP contribution in [0.3, 0.4) is 0 Å². The quantitative estimate of drug-likeness (QED) is 0.380. The third kappa shape index (κ3) is 3.16. The number of hydrogen-bond donors (Lipinski definition) is 2. The van der Waals surface area contributed by atoms with Crippen LogP contribution in [0.15, 0.2) is 0 Å². The Kier molecular flexibility index (Phi) is 6.34. The molecule has 0 aromatic heterocycles. The fourth-order valence-electron chi connectivity index (χ4n) is 1.05. The molecule has 92 valence electrons. The molecule has 0 aromatic rings. The van der Waals surface area contributed by atoms with E-state index in [9.17, 15) is 0 Å². The van der Waals surface area contributed by atoms with Crippen LogP contribution in [-0.4, -0.2) is 52.4 Å². The van der Waals surface area contributed by atoms with E-state index in [1.165, 1.54) is 28.4 Å². The molecule has 2 N–H and O–H groups in total. The molecule has 0 rings (SSSR count). The lowest BCUT2D eigenvalue weighted by atomic mass is 11.2. The highest BCUT2D eigenvalue weighted by Gasteiger charge is 2.59. The van der Waals surface area contributed by atoms with Crippen LogP contribution in [0.2, 0.25) is 6.55 Å². The summed E-state index contributed by atoms with van der Waals surface area (Å²) in [4.78, 5) is 17.7. The SMILES string of the molecule is COC(OC)(OP(O)O)[Si](C)(OC)OC. The van der Waals surface area contributed by atoms with E-state index in [0.29, 0.717) is 0 Å². The van der Waals surface area contributed by atoms with Gasteiger partial charge in [0.1, 0.15) is 0 Å². The Labute approximate surface area is 91.1 Å². The maximum Gasteiger partial charge on any atom is 0.436 e. The average molecular weight is 260 g/mol. The number of ether oxygens (including phenoxy) is 2. The zero-order valence-electron chi connectivity index (χ0n) is 9.38. The van der Waals surface area contributed by atoms with Crippen LogP contribution in [0.25, 0.3) is 0 Å². The van der Waals surface area contributed by atoms with Crippen molar-refractivity contribution in [2.45, 2.75) is 12.1 Å². The summed E-state index contributed by atoms with van der Waals surface area (Å²) in [6.45, 7) is 1.61. The Morgan fingerprint density at radius 2 is 1.40 bits per heavy atom. The second-order valence-electron chi connectivity index (χ2n) is 2.66. The van der Waals surface area contributed by atoms with Gasteiger partial charge in [-0.15, -0.1) is 0 Å². The topological polar surface area (TPSA) is 86.6 Å². The zero-order chi connectivity index (χ0) is 12.1. The van der Waals surface area contributed by atoms with Gasteiger partial charge in [0.25, 0.3) is 0 Å². The molecule has 9 heteroatoms. The summed E-state index contributed by atoms with van der Waals surface area (Å²) in [6.07, 6.45) is 0. The summed E-state index contributed by atoms with van der Waals surface area (Å²) in [6, 6.07) is 0. The van der Waals surface area contributed by atoms with E-state index in [0.717, 1.165) is 0 Å². The second-order valence-corrected chi connectivity index (χ2v) is 6.67. The molecule has 0 spiro atoms. The largest absolute Gasteiger partial charge is 0.436 e. The summed E-state index contributed by atoms with van der Waals surface area (Å²) in [7, 11) is -0.256. The maximum atomic E-state index is 8.85. The van der Waals surface area contributed by atoms with Crippen molar-refractivity contribution in [2.24, 2.45) is 0 Å². The smallest absolute Gasteiger partial charge is 0.393 e. The van der Waals surface area contributed by atoms with Crippen LogP contribution < -0.4 is 0 Å². The van der Waals surface area contributed by atoms with Crippen LogP contribution >= 0.6 is 8.60 Å². The highest BCUT2D eigenvalue weighted by molar-refractivity contribution is 7.39. The van der Waals surface area contributed by atoms with Gasteiger partial charge in [0, 0.05) is 28.4 Å². The fourth-order valence-corrected chi connectivity index (χ4v) is 3.73. The van der Waals surface area contributed by atoms with E-state index in [4.69, 9.17) is 32.6 Å². The molecule has 7 nitrogen and oxygen atoms in total. The minimum atomic E-state index is -3.01. The molecule has 0 bridgehead atoms. The first kappa shape index (κ1) is 15.4. The molecule has 0 aliphatic rings. The molecule has 0 saturated carbocycles. The molecule has 0 atom stereocenters. The lowest BCUT2D eigenvalue weighted by Gasteiger charge is -2.39. The van der Waals surface area contributed by atoms with Crippen molar-refractivity contribution in [3.05, 3.63) is 0 Å². The van der Waals surface area contributed by atoms with Crippen LogP contribution in [0.1, 0.15) is 0 Å². The van der Waals surface area contributed by atoms with Gasteiger partial charge in [0.15, 0.2) is 0 Å². The first-order valence-electron chi connectivity index (χ1n) is 3.99. The highest BCUT2D eigenvalue weighted by atomic mass is 31.2. The van der Waals surface area contributed by atoms with Gasteiger partial charge in [0.05, 0.1) is 0 Å². The van der Waals surface area contributed by atoms with Crippen molar-refractivity contribution < 1.29 is 32.6 Å². The molecular weight excluding hydrogens is 243 g/mol. The molecule has 0 heterocycles. The average Bonchev–Trinajstić information content (AvgIpc) is 2.24. The second kappa shape index (κ2) is 6.19. The molecule has 0 aliphatic carbocycles. The molecule has 15 heavy (non-hydrogen) atoms. The lowest BCUT2D eigenvalue weighted by molar-refractivity contribution is -0.287. The Balaban J connectivity index is 5.04. The normalized spacial score (nSPS) is 13.6. The van der Waals surface area contributed by atoms with Crippen molar-refractivity contribution in [1.29, 1.82) is 0 Å². The standard InChI is InChI=1S/C6H17O7PSi/c1-9-6(10-2,13-14(7)8)15(5,11-3)12-4/h7-8H,1-5H3. The molecule has 0 saturated heterocycles. The molecular formula is C6H17O7PSi. The monoisotopic (exact) mass is 260 g/mol. The molecule has 0 aliphatic heterocycles. The van der Waals surface area contributed by atoms with E-state index < -0.39 is 22.8 Å². The zero-order valence-corrected chi connectivity index (χ0v) is 11.3. The predicted molar refractivity (Wildman–Crippen MR) is 54.8 cm³/mol. The van der Waals surface area contributed by atoms with E-state index in [-0.39, 0.29) is 0 Å². The van der Waals surface area contributed by atoms with Gasteiger partial charge < -0.3 is 28.1 Å². The van der Waals surface area contributed by atoms with Gasteiger partial charge in [0.2, 0.25) is 0 Å². The first-order valence-corrected chi connectivity index (χ1v) is 7.47. The Hall–Kier alpha value is 0.367. The van der Waals surface area contributed by atoms with E-state index in [1.807, 2.05) is 0 Å². The molecule has 0 aromatic carbocycles. The lowest BCUT2D eigenvalue weighted by Crippen LogP contribution is -2.63. The summed E-state index contributed by atoms with van der Waals surface area (Å²) in [5.74, 6) is 0. The number of rotatable bonds is 7. The van der Waals surface area contributed by atoms with E-state index in [1.54, 1.807) is 6.55 Å². The number of hydrogen-bond acceptors (Lipinski definition) is 7. The molecule has 0 unspecified atom stereocenters. The van der Waals surface area contributed by atoms with Crippen molar-refractivity contribution in [2.75, 3.05) is 28.4 Å². The van der Waals surface area contributed by atoms with Crippen LogP contribution in [0.5, 0.6) is 0 Å². The highest BCUT2D eigenvalue weighted by Crippen LogP contribution is 2.39. The van der Waals surface area contributed by atoms with Crippen molar-refractivity contribution >= 4 is 17.2 Å². The van der Waals surface area contributed by atoms with Gasteiger partial charge in [-0.05, 0) is 6.55 Å². The summed E-state index contributed by atoms with van der Waals surface area (Å²) in [5.41, 5.74) is -1.72. The Morgan fingerprint density at radius 3 is 1.60 bits per heavy atom. The fraction of sp³-hybridized carbons (Fsp3) is 1.00. The summed E-state index contributed by atoms with van der Waals surface area (Å²) in [5, 5.41) is 0. The summed E-state index contributed by atoms with van der Waals surface area (Å²) >= 11 is 0. The third-order valence-corrected chi connectivity index (χ3v) is 5.83. The Morgan fingerprint density at radius 1 is 1.00 bits per heavy atom. The maximum absolute atomic E-state index is 8.85. The van der Waals surface area contributed by atoms with Crippen LogP contribution in [-0.2, 0) is 22.8 Å². The molecule has 0 radical (unpaired) electrons. The summed E-state index contributed by atoms with van der Waals surface area (Å²) < 4.78 is 25.2. The minimum Gasteiger partial charge on any atom is -0.393 e. The van der Waals surface area contributed by atoms with Gasteiger partial charge in [-0.1, -0.05) is 0 Å². The van der Waals surface area contributed by atoms with Crippen molar-refractivity contribution in [3.63, 3.8) is 0 Å². The van der Waals surface area contributed by atoms with Crippen LogP contribution in [0, 0.1) is 0 Å². The Bertz CT molecular complexity index is 182.